The number of nitrogens with zero attached hydrogens (tertiary/aromatic N) is 2. The summed E-state index contributed by atoms with van der Waals surface area (Å²) in [6.07, 6.45) is 0.267. The van der Waals surface area contributed by atoms with Crippen LogP contribution in [0.5, 0.6) is 0 Å². The van der Waals surface area contributed by atoms with Gasteiger partial charge in [0, 0.05) is 17.0 Å². The van der Waals surface area contributed by atoms with E-state index in [1.165, 1.54) is 0 Å². The second-order valence-corrected chi connectivity index (χ2v) is 7.33. The zero-order valence-electron chi connectivity index (χ0n) is 14.1. The number of aryl methyl sites for hydroxylation is 2. The Labute approximate surface area is 137 Å². The van der Waals surface area contributed by atoms with Crippen LogP contribution in [-0.4, -0.2) is 23.2 Å². The van der Waals surface area contributed by atoms with Gasteiger partial charge < -0.3 is 9.05 Å². The maximum atomic E-state index is 12.6. The maximum Gasteiger partial charge on any atom is 0.335 e. The third-order valence-corrected chi connectivity index (χ3v) is 5.28. The van der Waals surface area contributed by atoms with Crippen LogP contribution >= 0.6 is 7.60 Å². The first kappa shape index (κ1) is 17.8. The first-order chi connectivity index (χ1) is 11.0. The van der Waals surface area contributed by atoms with Gasteiger partial charge in [0.25, 0.3) is 0 Å². The van der Waals surface area contributed by atoms with E-state index < -0.39 is 7.60 Å². The lowest BCUT2D eigenvalue weighted by molar-refractivity contribution is 0.219. The van der Waals surface area contributed by atoms with Gasteiger partial charge in [0.2, 0.25) is 0 Å². The van der Waals surface area contributed by atoms with E-state index in [1.54, 1.807) is 0 Å². The number of benzene rings is 1. The molecule has 0 N–H and O–H groups in total. The van der Waals surface area contributed by atoms with Crippen LogP contribution < -0.4 is 0 Å². The molecule has 6 heteroatoms. The lowest BCUT2D eigenvalue weighted by Gasteiger charge is -2.17. The van der Waals surface area contributed by atoms with Gasteiger partial charge in [-0.25, -0.2) is 9.97 Å². The van der Waals surface area contributed by atoms with Crippen molar-refractivity contribution in [2.75, 3.05) is 13.2 Å². The molecule has 0 aliphatic rings. The van der Waals surface area contributed by atoms with Crippen LogP contribution in [0, 0.1) is 13.8 Å². The van der Waals surface area contributed by atoms with Crippen molar-refractivity contribution in [2.45, 2.75) is 33.9 Å². The fourth-order valence-corrected chi connectivity index (χ4v) is 4.06. The standard InChI is InChI=1S/C17H23N2O3P/c1-5-21-23(20,22-6-2)12-15-7-9-16(10-8-15)17-18-13(3)11-14(4)19-17/h7-11H,5-6,12H2,1-4H3. The predicted molar refractivity (Wildman–Crippen MR) is 91.5 cm³/mol. The molecule has 0 spiro atoms. The molecule has 0 saturated carbocycles. The fourth-order valence-electron chi connectivity index (χ4n) is 2.36. The van der Waals surface area contributed by atoms with E-state index in [0.29, 0.717) is 19.0 Å². The molecular weight excluding hydrogens is 311 g/mol. The van der Waals surface area contributed by atoms with Crippen molar-refractivity contribution in [1.82, 2.24) is 9.97 Å². The van der Waals surface area contributed by atoms with E-state index in [9.17, 15) is 4.57 Å². The SMILES string of the molecule is CCOP(=O)(Cc1ccc(-c2nc(C)cc(C)n2)cc1)OCC. The molecule has 2 rings (SSSR count). The average molecular weight is 334 g/mol. The average Bonchev–Trinajstić information content (AvgIpc) is 2.47. The molecule has 0 bridgehead atoms. The number of hydrogen-bond donors (Lipinski definition) is 0. The summed E-state index contributed by atoms with van der Waals surface area (Å²) >= 11 is 0. The quantitative estimate of drug-likeness (QED) is 0.696. The molecule has 1 heterocycles. The molecule has 0 radical (unpaired) electrons. The van der Waals surface area contributed by atoms with Gasteiger partial charge >= 0.3 is 7.60 Å². The van der Waals surface area contributed by atoms with Crippen molar-refractivity contribution in [2.24, 2.45) is 0 Å². The fraction of sp³-hybridized carbons (Fsp3) is 0.412. The van der Waals surface area contributed by atoms with Gasteiger partial charge in [-0.1, -0.05) is 24.3 Å². The summed E-state index contributed by atoms with van der Waals surface area (Å²) in [6, 6.07) is 9.65. The molecule has 0 unspecified atom stereocenters. The van der Waals surface area contributed by atoms with Gasteiger partial charge in [-0.3, -0.25) is 4.57 Å². The molecule has 0 aliphatic carbocycles. The van der Waals surface area contributed by atoms with Crippen LogP contribution in [0.25, 0.3) is 11.4 Å². The van der Waals surface area contributed by atoms with E-state index >= 15 is 0 Å². The Hall–Kier alpha value is -1.55. The number of hydrogen-bond acceptors (Lipinski definition) is 5. The lowest BCUT2D eigenvalue weighted by atomic mass is 10.1. The van der Waals surface area contributed by atoms with Crippen LogP contribution in [0.4, 0.5) is 0 Å². The predicted octanol–water partition coefficient (Wildman–Crippen LogP) is 4.53. The number of aromatic nitrogens is 2. The smallest absolute Gasteiger partial charge is 0.309 e. The van der Waals surface area contributed by atoms with Crippen LogP contribution in [-0.2, 0) is 19.8 Å². The van der Waals surface area contributed by atoms with Gasteiger partial charge in [-0.05, 0) is 39.3 Å². The van der Waals surface area contributed by atoms with Gasteiger partial charge in [-0.15, -0.1) is 0 Å². The van der Waals surface area contributed by atoms with Crippen molar-refractivity contribution in [3.63, 3.8) is 0 Å². The zero-order chi connectivity index (χ0) is 16.9. The highest BCUT2D eigenvalue weighted by molar-refractivity contribution is 7.53. The minimum Gasteiger partial charge on any atom is -0.309 e. The minimum absolute atomic E-state index is 0.267. The normalized spacial score (nSPS) is 11.7. The highest BCUT2D eigenvalue weighted by Gasteiger charge is 2.23. The van der Waals surface area contributed by atoms with E-state index in [0.717, 1.165) is 22.5 Å². The van der Waals surface area contributed by atoms with Gasteiger partial charge in [0.15, 0.2) is 5.82 Å². The van der Waals surface area contributed by atoms with Crippen LogP contribution in [0.3, 0.4) is 0 Å². The van der Waals surface area contributed by atoms with Crippen molar-refractivity contribution in [1.29, 1.82) is 0 Å². The summed E-state index contributed by atoms with van der Waals surface area (Å²) in [4.78, 5) is 8.90. The second kappa shape index (κ2) is 7.82. The molecule has 2 aromatic rings. The van der Waals surface area contributed by atoms with E-state index in [1.807, 2.05) is 58.0 Å². The van der Waals surface area contributed by atoms with Gasteiger partial charge in [0.05, 0.1) is 19.4 Å². The highest BCUT2D eigenvalue weighted by atomic mass is 31.2. The Morgan fingerprint density at radius 1 is 0.957 bits per heavy atom. The summed E-state index contributed by atoms with van der Waals surface area (Å²) in [7, 11) is -3.08. The largest absolute Gasteiger partial charge is 0.335 e. The van der Waals surface area contributed by atoms with E-state index in [2.05, 4.69) is 9.97 Å². The molecular formula is C17H23N2O3P. The molecule has 5 nitrogen and oxygen atoms in total. The molecule has 0 saturated heterocycles. The molecule has 1 aromatic heterocycles. The first-order valence-corrected chi connectivity index (χ1v) is 9.48. The number of rotatable bonds is 7. The third kappa shape index (κ3) is 4.96. The Morgan fingerprint density at radius 3 is 1.96 bits per heavy atom. The summed E-state index contributed by atoms with van der Waals surface area (Å²) < 4.78 is 23.2. The Morgan fingerprint density at radius 2 is 1.48 bits per heavy atom. The summed E-state index contributed by atoms with van der Waals surface area (Å²) in [5, 5.41) is 0. The summed E-state index contributed by atoms with van der Waals surface area (Å²) in [6.45, 7) is 8.26. The topological polar surface area (TPSA) is 61.3 Å². The Bertz CT molecular complexity index is 671. The minimum atomic E-state index is -3.08. The van der Waals surface area contributed by atoms with Crippen LogP contribution in [0.1, 0.15) is 30.8 Å². The van der Waals surface area contributed by atoms with Crippen molar-refractivity contribution >= 4 is 7.60 Å². The Balaban J connectivity index is 2.20. The van der Waals surface area contributed by atoms with Crippen LogP contribution in [0.2, 0.25) is 0 Å². The molecule has 23 heavy (non-hydrogen) atoms. The first-order valence-electron chi connectivity index (χ1n) is 7.75. The zero-order valence-corrected chi connectivity index (χ0v) is 15.0. The molecule has 0 aliphatic heterocycles. The van der Waals surface area contributed by atoms with Crippen LogP contribution in [0.15, 0.2) is 30.3 Å². The maximum absolute atomic E-state index is 12.6. The summed E-state index contributed by atoms with van der Waals surface area (Å²) in [5.41, 5.74) is 3.72. The Kier molecular flexibility index (Phi) is 6.05. The molecule has 124 valence electrons. The highest BCUT2D eigenvalue weighted by Crippen LogP contribution is 2.51. The molecule has 1 aromatic carbocycles. The van der Waals surface area contributed by atoms with Gasteiger partial charge in [-0.2, -0.15) is 0 Å². The second-order valence-electron chi connectivity index (χ2n) is 5.28. The lowest BCUT2D eigenvalue weighted by Crippen LogP contribution is -1.99. The van der Waals surface area contributed by atoms with Crippen molar-refractivity contribution in [3.8, 4) is 11.4 Å². The molecule has 0 fully saturated rings. The van der Waals surface area contributed by atoms with E-state index in [4.69, 9.17) is 9.05 Å². The van der Waals surface area contributed by atoms with Gasteiger partial charge in [0.1, 0.15) is 0 Å². The van der Waals surface area contributed by atoms with E-state index in [-0.39, 0.29) is 6.16 Å². The monoisotopic (exact) mass is 334 g/mol. The van der Waals surface area contributed by atoms with Crippen molar-refractivity contribution < 1.29 is 13.6 Å². The van der Waals surface area contributed by atoms with Crippen molar-refractivity contribution in [3.05, 3.63) is 47.3 Å². The summed E-state index contributed by atoms with van der Waals surface area (Å²) in [5.74, 6) is 0.701. The molecule has 0 atom stereocenters. The third-order valence-electron chi connectivity index (χ3n) is 3.22. The molecule has 0 amide bonds.